The maximum Gasteiger partial charge on any atom is 0.274 e. The molecule has 3 aromatic rings. The van der Waals surface area contributed by atoms with Gasteiger partial charge in [-0.15, -0.1) is 0 Å². The highest BCUT2D eigenvalue weighted by atomic mass is 32.1. The number of ether oxygens (including phenoxy) is 2. The molecule has 6 heteroatoms. The van der Waals surface area contributed by atoms with Gasteiger partial charge in [-0.05, 0) is 24.3 Å². The van der Waals surface area contributed by atoms with Gasteiger partial charge < -0.3 is 14.4 Å². The monoisotopic (exact) mass is 368 g/mol. The van der Waals surface area contributed by atoms with Crippen molar-refractivity contribution in [3.05, 3.63) is 54.1 Å². The molecule has 0 bridgehead atoms. The zero-order valence-electron chi connectivity index (χ0n) is 14.6. The van der Waals surface area contributed by atoms with Gasteiger partial charge in [0.25, 0.3) is 11.1 Å². The number of methoxy groups -OCH3 is 1. The lowest BCUT2D eigenvalue weighted by Crippen LogP contribution is -2.41. The topological polar surface area (TPSA) is 51.7 Å². The second kappa shape index (κ2) is 7.33. The van der Waals surface area contributed by atoms with Crippen molar-refractivity contribution in [1.29, 1.82) is 0 Å². The van der Waals surface area contributed by atoms with Crippen molar-refractivity contribution in [2.75, 3.05) is 20.2 Å². The molecule has 1 saturated heterocycles. The number of benzene rings is 2. The van der Waals surface area contributed by atoms with Crippen LogP contribution in [-0.2, 0) is 0 Å². The summed E-state index contributed by atoms with van der Waals surface area (Å²) in [5.74, 6) is 0.887. The van der Waals surface area contributed by atoms with E-state index in [1.54, 1.807) is 18.4 Å². The number of fused-ring (bicyclic) bond motifs is 1. The molecular formula is C20H20N2O3S. The number of amides is 1. The third-order valence-corrected chi connectivity index (χ3v) is 5.52. The van der Waals surface area contributed by atoms with Crippen LogP contribution in [0.2, 0.25) is 0 Å². The van der Waals surface area contributed by atoms with Gasteiger partial charge in [0.05, 0.1) is 17.3 Å². The first kappa shape index (κ1) is 16.8. The van der Waals surface area contributed by atoms with Gasteiger partial charge in [0.2, 0.25) is 0 Å². The number of aromatic nitrogens is 1. The zero-order valence-corrected chi connectivity index (χ0v) is 15.4. The Morgan fingerprint density at radius 1 is 1.15 bits per heavy atom. The largest absolute Gasteiger partial charge is 0.497 e. The highest BCUT2D eigenvalue weighted by Gasteiger charge is 2.25. The summed E-state index contributed by atoms with van der Waals surface area (Å²) in [6.07, 6.45) is 1.73. The summed E-state index contributed by atoms with van der Waals surface area (Å²) < 4.78 is 12.4. The Kier molecular flexibility index (Phi) is 4.75. The van der Waals surface area contributed by atoms with Crippen LogP contribution < -0.4 is 9.47 Å². The number of thiazole rings is 1. The smallest absolute Gasteiger partial charge is 0.274 e. The fourth-order valence-corrected chi connectivity index (χ4v) is 4.01. The molecule has 1 aliphatic rings. The van der Waals surface area contributed by atoms with Gasteiger partial charge in [0.1, 0.15) is 11.9 Å². The van der Waals surface area contributed by atoms with Gasteiger partial charge in [0, 0.05) is 37.6 Å². The number of rotatable bonds is 4. The summed E-state index contributed by atoms with van der Waals surface area (Å²) in [6.45, 7) is 1.41. The van der Waals surface area contributed by atoms with Crippen molar-refractivity contribution < 1.29 is 14.3 Å². The first-order valence-corrected chi connectivity index (χ1v) is 9.50. The summed E-state index contributed by atoms with van der Waals surface area (Å²) in [7, 11) is 1.65. The Labute approximate surface area is 156 Å². The Morgan fingerprint density at radius 2 is 1.92 bits per heavy atom. The minimum atomic E-state index is 0.0936. The molecule has 0 spiro atoms. The molecule has 0 atom stereocenters. The third-order valence-electron chi connectivity index (χ3n) is 4.59. The van der Waals surface area contributed by atoms with Crippen molar-refractivity contribution in [3.8, 4) is 10.9 Å². The highest BCUT2D eigenvalue weighted by Crippen LogP contribution is 2.32. The van der Waals surface area contributed by atoms with E-state index >= 15 is 0 Å². The number of likely N-dealkylation sites (tertiary alicyclic amines) is 1. The molecule has 4 rings (SSSR count). The fraction of sp³-hybridized carbons (Fsp3) is 0.300. The van der Waals surface area contributed by atoms with Crippen LogP contribution in [0.15, 0.2) is 48.5 Å². The summed E-state index contributed by atoms with van der Waals surface area (Å²) in [5.41, 5.74) is 1.63. The van der Waals surface area contributed by atoms with Crippen molar-refractivity contribution >= 4 is 27.5 Å². The maximum absolute atomic E-state index is 12.5. The molecule has 0 aliphatic carbocycles. The lowest BCUT2D eigenvalue weighted by Gasteiger charge is -2.31. The Morgan fingerprint density at radius 3 is 2.65 bits per heavy atom. The molecule has 134 valence electrons. The summed E-state index contributed by atoms with van der Waals surface area (Å²) in [5, 5.41) is 0.682. The second-order valence-electron chi connectivity index (χ2n) is 6.29. The van der Waals surface area contributed by atoms with Gasteiger partial charge in [-0.1, -0.05) is 29.5 Å². The minimum absolute atomic E-state index is 0.0936. The van der Waals surface area contributed by atoms with E-state index in [0.717, 1.165) is 34.4 Å². The van der Waals surface area contributed by atoms with Gasteiger partial charge >= 0.3 is 0 Å². The molecule has 0 unspecified atom stereocenters. The Balaban J connectivity index is 1.37. The van der Waals surface area contributed by atoms with E-state index in [1.165, 1.54) is 0 Å². The maximum atomic E-state index is 12.5. The third kappa shape index (κ3) is 3.51. The quantitative estimate of drug-likeness (QED) is 0.699. The van der Waals surface area contributed by atoms with E-state index in [4.69, 9.17) is 9.47 Å². The van der Waals surface area contributed by atoms with E-state index in [-0.39, 0.29) is 12.0 Å². The average molecular weight is 368 g/mol. The van der Waals surface area contributed by atoms with Gasteiger partial charge in [-0.3, -0.25) is 4.79 Å². The molecule has 0 saturated carbocycles. The average Bonchev–Trinajstić information content (AvgIpc) is 3.10. The molecule has 1 aromatic heterocycles. The Bertz CT molecular complexity index is 902. The molecule has 0 N–H and O–H groups in total. The summed E-state index contributed by atoms with van der Waals surface area (Å²) >= 11 is 1.54. The van der Waals surface area contributed by atoms with Crippen LogP contribution in [0.1, 0.15) is 23.2 Å². The van der Waals surface area contributed by atoms with Gasteiger partial charge in [-0.2, -0.15) is 0 Å². The van der Waals surface area contributed by atoms with Crippen LogP contribution in [0.25, 0.3) is 10.2 Å². The van der Waals surface area contributed by atoms with E-state index in [2.05, 4.69) is 4.98 Å². The molecule has 26 heavy (non-hydrogen) atoms. The van der Waals surface area contributed by atoms with Crippen molar-refractivity contribution in [1.82, 2.24) is 9.88 Å². The van der Waals surface area contributed by atoms with E-state index in [0.29, 0.717) is 18.3 Å². The van der Waals surface area contributed by atoms with Gasteiger partial charge in [0.15, 0.2) is 0 Å². The first-order valence-electron chi connectivity index (χ1n) is 8.68. The highest BCUT2D eigenvalue weighted by molar-refractivity contribution is 7.20. The van der Waals surface area contributed by atoms with Crippen molar-refractivity contribution in [3.63, 3.8) is 0 Å². The number of hydrogen-bond donors (Lipinski definition) is 0. The lowest BCUT2D eigenvalue weighted by molar-refractivity contribution is 0.0595. The normalized spacial score (nSPS) is 15.2. The minimum Gasteiger partial charge on any atom is -0.497 e. The van der Waals surface area contributed by atoms with E-state index in [9.17, 15) is 4.79 Å². The molecular weight excluding hydrogens is 348 g/mol. The van der Waals surface area contributed by atoms with Crippen LogP contribution in [0.5, 0.6) is 10.9 Å². The van der Waals surface area contributed by atoms with Crippen LogP contribution >= 0.6 is 11.3 Å². The fourth-order valence-electron chi connectivity index (χ4n) is 3.15. The molecule has 2 aromatic carbocycles. The predicted molar refractivity (Wildman–Crippen MR) is 102 cm³/mol. The first-order chi connectivity index (χ1) is 12.7. The number of piperidine rings is 1. The van der Waals surface area contributed by atoms with Crippen LogP contribution in [0, 0.1) is 0 Å². The summed E-state index contributed by atoms with van der Waals surface area (Å²) in [6, 6.07) is 15.3. The van der Waals surface area contributed by atoms with Crippen molar-refractivity contribution in [2.24, 2.45) is 0 Å². The number of carbonyl (C=O) groups is 1. The zero-order chi connectivity index (χ0) is 17.9. The molecule has 2 heterocycles. The van der Waals surface area contributed by atoms with E-state index in [1.807, 2.05) is 53.4 Å². The molecule has 1 aliphatic heterocycles. The van der Waals surface area contributed by atoms with Crippen LogP contribution in [0.3, 0.4) is 0 Å². The standard InChI is InChI=1S/C20H20N2O3S/c1-24-16-7-8-18-17(13-16)21-20(26-18)25-15-9-11-22(12-10-15)19(23)14-5-3-2-4-6-14/h2-8,13,15H,9-12H2,1H3. The Hall–Kier alpha value is -2.60. The molecule has 0 radical (unpaired) electrons. The predicted octanol–water partition coefficient (Wildman–Crippen LogP) is 3.99. The van der Waals surface area contributed by atoms with Crippen LogP contribution in [-0.4, -0.2) is 42.1 Å². The molecule has 1 fully saturated rings. The number of carbonyl (C=O) groups excluding carboxylic acids is 1. The second-order valence-corrected chi connectivity index (χ2v) is 7.28. The lowest BCUT2D eigenvalue weighted by atomic mass is 10.1. The van der Waals surface area contributed by atoms with Crippen molar-refractivity contribution in [2.45, 2.75) is 18.9 Å². The SMILES string of the molecule is COc1ccc2sc(OC3CCN(C(=O)c4ccccc4)CC3)nc2c1. The van der Waals surface area contributed by atoms with Gasteiger partial charge in [-0.25, -0.2) is 4.98 Å². The molecule has 5 nitrogen and oxygen atoms in total. The number of hydrogen-bond acceptors (Lipinski definition) is 5. The van der Waals surface area contributed by atoms with E-state index < -0.39 is 0 Å². The summed E-state index contributed by atoms with van der Waals surface area (Å²) in [4.78, 5) is 19.0. The molecule has 1 amide bonds. The number of nitrogens with zero attached hydrogens (tertiary/aromatic N) is 2. The van der Waals surface area contributed by atoms with Crippen LogP contribution in [0.4, 0.5) is 0 Å².